The van der Waals surface area contributed by atoms with Crippen LogP contribution in [0.3, 0.4) is 0 Å². The van der Waals surface area contributed by atoms with Gasteiger partial charge in [-0.25, -0.2) is 24.2 Å². The molecule has 210 valence electrons. The number of anilines is 2. The number of carbonyl (C=O) groups is 2. The lowest BCUT2D eigenvalue weighted by atomic mass is 10.2. The fourth-order valence-corrected chi connectivity index (χ4v) is 5.65. The van der Waals surface area contributed by atoms with Crippen LogP contribution in [0, 0.1) is 5.92 Å². The van der Waals surface area contributed by atoms with Crippen molar-refractivity contribution in [2.45, 2.75) is 50.2 Å². The van der Waals surface area contributed by atoms with Crippen LogP contribution < -0.4 is 26.8 Å². The minimum atomic E-state index is -2.79. The normalized spacial score (nSPS) is 27.5. The Kier molecular flexibility index (Phi) is 4.91. The molecule has 2 saturated carbocycles. The molecule has 2 aliphatic rings. The van der Waals surface area contributed by atoms with Gasteiger partial charge in [-0.3, -0.25) is 13.9 Å². The third kappa shape index (κ3) is 3.85. The molecule has 0 aliphatic heterocycles. The molecule has 2 amide bonds. The molecule has 0 unspecified atom stereocenters. The lowest BCUT2D eigenvalue weighted by Gasteiger charge is -2.15. The number of amides is 2. The summed E-state index contributed by atoms with van der Waals surface area (Å²) in [5.74, 6) is 0.309. The van der Waals surface area contributed by atoms with Crippen molar-refractivity contribution in [3.05, 3.63) is 34.9 Å². The number of nitrogens with two attached hydrogens (primary N) is 1. The summed E-state index contributed by atoms with van der Waals surface area (Å²) in [6, 6.07) is 2.95. The lowest BCUT2D eigenvalue weighted by Crippen LogP contribution is -2.36. The number of rotatable bonds is 7. The first-order valence-electron chi connectivity index (χ1n) is 14.7. The number of ether oxygens (including phenoxy) is 2. The van der Waals surface area contributed by atoms with E-state index in [4.69, 9.17) is 16.0 Å². The summed E-state index contributed by atoms with van der Waals surface area (Å²) in [6.07, 6.45) is 1.64. The molecule has 6 rings (SSSR count). The first kappa shape index (κ1) is 21.2. The molecular weight excluding hydrogens is 518 g/mol. The van der Waals surface area contributed by atoms with Gasteiger partial charge in [-0.15, -0.1) is 5.10 Å². The molecular formula is C26H31N9O5. The van der Waals surface area contributed by atoms with E-state index in [-0.39, 0.29) is 41.5 Å². The molecule has 4 N–H and O–H groups in total. The Balaban J connectivity index is 1.41. The summed E-state index contributed by atoms with van der Waals surface area (Å²) in [5.41, 5.74) is 4.70. The highest BCUT2D eigenvalue weighted by atomic mass is 16.5. The van der Waals surface area contributed by atoms with Crippen LogP contribution in [0.4, 0.5) is 16.4 Å². The number of nitrogens with zero attached hydrogens (tertiary/aromatic N) is 6. The smallest absolute Gasteiger partial charge is 0.407 e. The van der Waals surface area contributed by atoms with E-state index in [1.807, 2.05) is 6.92 Å². The molecule has 2 fully saturated rings. The predicted molar refractivity (Wildman–Crippen MR) is 146 cm³/mol. The monoisotopic (exact) mass is 553 g/mol. The minimum Gasteiger partial charge on any atom is -0.479 e. The Hall–Kier alpha value is -4.62. The van der Waals surface area contributed by atoms with Crippen molar-refractivity contribution in [3.63, 3.8) is 0 Å². The van der Waals surface area contributed by atoms with Gasteiger partial charge >= 0.3 is 11.8 Å². The summed E-state index contributed by atoms with van der Waals surface area (Å²) in [4.78, 5) is 46.8. The minimum absolute atomic E-state index is 0.0462. The molecule has 4 aromatic rings. The van der Waals surface area contributed by atoms with Gasteiger partial charge in [0.1, 0.15) is 17.2 Å². The largest absolute Gasteiger partial charge is 0.479 e. The van der Waals surface area contributed by atoms with Gasteiger partial charge < -0.3 is 25.8 Å². The Morgan fingerprint density at radius 2 is 2.05 bits per heavy atom. The molecule has 0 radical (unpaired) electrons. The fraction of sp³-hybridized carbons (Fsp3) is 0.462. The zero-order valence-corrected chi connectivity index (χ0v) is 22.1. The molecule has 2 aliphatic carbocycles. The molecule has 4 atom stereocenters. The first-order chi connectivity index (χ1) is 20.7. The highest BCUT2D eigenvalue weighted by Gasteiger charge is 2.60. The number of carbonyl (C=O) groups excluding carboxylic acids is 2. The fourth-order valence-electron chi connectivity index (χ4n) is 5.65. The van der Waals surface area contributed by atoms with Crippen molar-refractivity contribution in [1.82, 2.24) is 34.2 Å². The maximum Gasteiger partial charge on any atom is 0.407 e. The highest BCUT2D eigenvalue weighted by molar-refractivity contribution is 5.91. The van der Waals surface area contributed by atoms with Crippen molar-refractivity contribution >= 4 is 45.7 Å². The van der Waals surface area contributed by atoms with E-state index in [1.165, 1.54) is 35.7 Å². The molecule has 14 nitrogen and oxygen atoms in total. The Bertz CT molecular complexity index is 1890. The van der Waals surface area contributed by atoms with Gasteiger partial charge in [0.05, 0.1) is 38.2 Å². The van der Waals surface area contributed by atoms with Crippen LogP contribution in [0.1, 0.15) is 44.1 Å². The number of imidazole rings is 1. The molecule has 4 heterocycles. The van der Waals surface area contributed by atoms with Crippen molar-refractivity contribution < 1.29 is 24.5 Å². The van der Waals surface area contributed by atoms with E-state index in [0.717, 1.165) is 0 Å². The number of methoxy groups -OCH3 is 2. The zero-order chi connectivity index (χ0) is 31.8. The van der Waals surface area contributed by atoms with Crippen molar-refractivity contribution in [2.75, 3.05) is 19.5 Å². The molecule has 40 heavy (non-hydrogen) atoms. The van der Waals surface area contributed by atoms with Crippen molar-refractivity contribution in [1.29, 1.82) is 0 Å². The number of aryl methyl sites for hydroxylation is 1. The molecule has 0 bridgehead atoms. The average Bonchev–Trinajstić information content (AvgIpc) is 3.20. The van der Waals surface area contributed by atoms with E-state index in [9.17, 15) is 14.4 Å². The Labute approximate surface area is 234 Å². The number of pyridine rings is 2. The van der Waals surface area contributed by atoms with E-state index in [1.54, 1.807) is 12.1 Å². The molecule has 0 saturated heterocycles. The quantitative estimate of drug-likeness (QED) is 0.309. The van der Waals surface area contributed by atoms with Crippen LogP contribution in [-0.4, -0.2) is 61.1 Å². The number of fused-ring (bicyclic) bond motifs is 2. The van der Waals surface area contributed by atoms with Crippen LogP contribution in [0.25, 0.3) is 22.1 Å². The summed E-state index contributed by atoms with van der Waals surface area (Å²) in [6.45, 7) is -0.893. The van der Waals surface area contributed by atoms with Crippen molar-refractivity contribution in [3.8, 4) is 5.88 Å². The van der Waals surface area contributed by atoms with Gasteiger partial charge in [0, 0.05) is 29.2 Å². The number of alkyl carbamates (subject to hydrolysis) is 1. The predicted octanol–water partition coefficient (Wildman–Crippen LogP) is 1.90. The summed E-state index contributed by atoms with van der Waals surface area (Å²) in [5, 5.41) is 10.6. The van der Waals surface area contributed by atoms with Gasteiger partial charge in [0.2, 0.25) is 11.8 Å². The van der Waals surface area contributed by atoms with Gasteiger partial charge in [0.15, 0.2) is 5.65 Å². The SMILES string of the molecule is [2H]C([2H])([2H])n1c(=O)n([C@@H]2CC[C@@]([2H])(NC(=O)OC)C2)c2cc(Nc3ccc4c(OC)nn([C@@]5(C(N)=O)C[C@@H]5C)c4n3)ncc21. The van der Waals surface area contributed by atoms with Gasteiger partial charge in [-0.05, 0) is 43.7 Å². The van der Waals surface area contributed by atoms with Crippen LogP contribution in [-0.2, 0) is 22.0 Å². The summed E-state index contributed by atoms with van der Waals surface area (Å²) in [7, 11) is 2.66. The number of primary amides is 1. The summed E-state index contributed by atoms with van der Waals surface area (Å²) >= 11 is 0. The first-order valence-corrected chi connectivity index (χ1v) is 12.7. The molecule has 4 aromatic heterocycles. The van der Waals surface area contributed by atoms with Crippen LogP contribution in [0.5, 0.6) is 5.88 Å². The van der Waals surface area contributed by atoms with E-state index < -0.39 is 42.3 Å². The maximum atomic E-state index is 13.6. The highest BCUT2D eigenvalue weighted by Crippen LogP contribution is 2.51. The maximum absolute atomic E-state index is 13.6. The van der Waals surface area contributed by atoms with Gasteiger partial charge in [0.25, 0.3) is 0 Å². The topological polar surface area (TPSA) is 173 Å². The second-order valence-electron chi connectivity index (χ2n) is 10.2. The summed E-state index contributed by atoms with van der Waals surface area (Å²) < 4.78 is 46.2. The van der Waals surface area contributed by atoms with Gasteiger partial charge in [-0.2, -0.15) is 0 Å². The van der Waals surface area contributed by atoms with Crippen LogP contribution in [0.2, 0.25) is 0 Å². The van der Waals surface area contributed by atoms with Crippen molar-refractivity contribution in [2.24, 2.45) is 18.6 Å². The standard InChI is InChI=1S/C26H31N9O5/c1-13-11-26(13,23(27)36)35-21-16(22(32-35)39-3)7-8-19(31-21)30-20-10-17-18(12-28-20)33(2)25(38)34(17)15-6-5-14(9-15)29-24(37)40-4/h7-8,10,12-15H,5-6,9,11H2,1-4H3,(H2,27,36)(H,29,37)(H,28,30,31)/t13-,14+,15+,26-/m0/s1/i2D3,14D. The van der Waals surface area contributed by atoms with E-state index >= 15 is 0 Å². The van der Waals surface area contributed by atoms with Crippen LogP contribution >= 0.6 is 0 Å². The number of aromatic nitrogens is 6. The van der Waals surface area contributed by atoms with E-state index in [2.05, 4.69) is 30.4 Å². The van der Waals surface area contributed by atoms with Crippen LogP contribution in [0.15, 0.2) is 29.2 Å². The third-order valence-electron chi connectivity index (χ3n) is 7.87. The second-order valence-corrected chi connectivity index (χ2v) is 10.2. The third-order valence-corrected chi connectivity index (χ3v) is 7.87. The molecule has 0 spiro atoms. The van der Waals surface area contributed by atoms with Gasteiger partial charge in [-0.1, -0.05) is 6.92 Å². The lowest BCUT2D eigenvalue weighted by molar-refractivity contribution is -0.123. The number of hydrogen-bond donors (Lipinski definition) is 3. The number of hydrogen-bond acceptors (Lipinski definition) is 9. The van der Waals surface area contributed by atoms with E-state index in [0.29, 0.717) is 34.3 Å². The average molecular weight is 554 g/mol. The molecule has 0 aromatic carbocycles. The second kappa shape index (κ2) is 9.24. The zero-order valence-electron chi connectivity index (χ0n) is 26.1. The molecule has 14 heteroatoms. The Morgan fingerprint density at radius 1 is 1.25 bits per heavy atom. The number of nitrogens with one attached hydrogen (secondary N) is 2. The Morgan fingerprint density at radius 3 is 2.73 bits per heavy atom.